The highest BCUT2D eigenvalue weighted by molar-refractivity contribution is 5.30. The molecule has 0 unspecified atom stereocenters. The molecule has 2 heterocycles. The van der Waals surface area contributed by atoms with Crippen molar-refractivity contribution in [3.05, 3.63) is 18.1 Å². The van der Waals surface area contributed by atoms with Crippen LogP contribution in [0.4, 0.5) is 5.82 Å². The van der Waals surface area contributed by atoms with Crippen LogP contribution in [0.5, 0.6) is 0 Å². The maximum atomic E-state index is 4.45. The van der Waals surface area contributed by atoms with Crippen LogP contribution in [0.25, 0.3) is 0 Å². The minimum Gasteiger partial charge on any atom is -0.369 e. The molecule has 0 radical (unpaired) electrons. The fraction of sp³-hybridized carbons (Fsp3) is 0.692. The number of rotatable bonds is 5. The molecule has 0 bridgehead atoms. The number of piperazine rings is 1. The molecule has 1 aromatic rings. The van der Waals surface area contributed by atoms with Gasteiger partial charge in [-0.25, -0.2) is 4.98 Å². The standard InChI is InChI=1S/C13H23N5/c1-3-14-13-10-15-12(9-16-13)11-18-7-5-17(4-2)6-8-18/h9-10H,3-8,11H2,1-2H3,(H,14,16). The average molecular weight is 249 g/mol. The molecule has 0 amide bonds. The third-order valence-corrected chi connectivity index (χ3v) is 3.36. The van der Waals surface area contributed by atoms with E-state index in [9.17, 15) is 0 Å². The topological polar surface area (TPSA) is 44.3 Å². The van der Waals surface area contributed by atoms with Gasteiger partial charge < -0.3 is 10.2 Å². The lowest BCUT2D eigenvalue weighted by molar-refractivity contribution is 0.130. The number of aromatic nitrogens is 2. The Morgan fingerprint density at radius 1 is 1.06 bits per heavy atom. The molecule has 0 saturated carbocycles. The van der Waals surface area contributed by atoms with E-state index in [4.69, 9.17) is 0 Å². The zero-order chi connectivity index (χ0) is 12.8. The van der Waals surface area contributed by atoms with Gasteiger partial charge in [-0.2, -0.15) is 0 Å². The number of hydrogen-bond donors (Lipinski definition) is 1. The van der Waals surface area contributed by atoms with Crippen molar-refractivity contribution in [1.82, 2.24) is 19.8 Å². The van der Waals surface area contributed by atoms with E-state index in [1.807, 2.05) is 12.4 Å². The van der Waals surface area contributed by atoms with Crippen LogP contribution in [0.3, 0.4) is 0 Å². The van der Waals surface area contributed by atoms with Gasteiger partial charge in [-0.15, -0.1) is 0 Å². The van der Waals surface area contributed by atoms with E-state index in [2.05, 4.69) is 38.9 Å². The molecule has 0 aliphatic carbocycles. The predicted molar refractivity (Wildman–Crippen MR) is 73.6 cm³/mol. The van der Waals surface area contributed by atoms with E-state index < -0.39 is 0 Å². The summed E-state index contributed by atoms with van der Waals surface area (Å²) < 4.78 is 0. The van der Waals surface area contributed by atoms with E-state index in [-0.39, 0.29) is 0 Å². The molecular formula is C13H23N5. The summed E-state index contributed by atoms with van der Waals surface area (Å²) in [7, 11) is 0. The maximum Gasteiger partial charge on any atom is 0.144 e. The molecule has 0 aromatic carbocycles. The Morgan fingerprint density at radius 2 is 1.78 bits per heavy atom. The summed E-state index contributed by atoms with van der Waals surface area (Å²) in [5.41, 5.74) is 1.06. The highest BCUT2D eigenvalue weighted by Crippen LogP contribution is 2.07. The van der Waals surface area contributed by atoms with Crippen molar-refractivity contribution in [2.24, 2.45) is 0 Å². The molecule has 100 valence electrons. The predicted octanol–water partition coefficient (Wildman–Crippen LogP) is 1.05. The molecule has 1 fully saturated rings. The average Bonchev–Trinajstić information content (AvgIpc) is 2.42. The number of nitrogens with one attached hydrogen (secondary N) is 1. The second kappa shape index (κ2) is 6.66. The Hall–Kier alpha value is -1.20. The summed E-state index contributed by atoms with van der Waals surface area (Å²) in [6.07, 6.45) is 3.70. The quantitative estimate of drug-likeness (QED) is 0.845. The Balaban J connectivity index is 1.82. The lowest BCUT2D eigenvalue weighted by Gasteiger charge is -2.33. The smallest absolute Gasteiger partial charge is 0.144 e. The van der Waals surface area contributed by atoms with Crippen molar-refractivity contribution < 1.29 is 0 Å². The Labute approximate surface area is 109 Å². The maximum absolute atomic E-state index is 4.45. The fourth-order valence-electron chi connectivity index (χ4n) is 2.20. The van der Waals surface area contributed by atoms with Gasteiger partial charge in [0.1, 0.15) is 5.82 Å². The van der Waals surface area contributed by atoms with Crippen LogP contribution < -0.4 is 5.32 Å². The van der Waals surface area contributed by atoms with Gasteiger partial charge in [-0.1, -0.05) is 6.92 Å². The van der Waals surface area contributed by atoms with Crippen LogP contribution in [-0.2, 0) is 6.54 Å². The minimum atomic E-state index is 0.858. The SMILES string of the molecule is CCNc1cnc(CN2CCN(CC)CC2)cn1. The molecule has 1 aliphatic heterocycles. The van der Waals surface area contributed by atoms with Gasteiger partial charge in [0.25, 0.3) is 0 Å². The molecule has 5 nitrogen and oxygen atoms in total. The minimum absolute atomic E-state index is 0.858. The van der Waals surface area contributed by atoms with Crippen LogP contribution >= 0.6 is 0 Å². The van der Waals surface area contributed by atoms with Crippen LogP contribution in [0, 0.1) is 0 Å². The van der Waals surface area contributed by atoms with Crippen LogP contribution in [-0.4, -0.2) is 59.0 Å². The summed E-state index contributed by atoms with van der Waals surface area (Å²) >= 11 is 0. The van der Waals surface area contributed by atoms with Crippen LogP contribution in [0.1, 0.15) is 19.5 Å². The summed E-state index contributed by atoms with van der Waals surface area (Å²) in [5, 5.41) is 3.16. The molecule has 1 aliphatic rings. The highest BCUT2D eigenvalue weighted by Gasteiger charge is 2.15. The molecule has 1 aromatic heterocycles. The third-order valence-electron chi connectivity index (χ3n) is 3.36. The summed E-state index contributed by atoms with van der Waals surface area (Å²) in [4.78, 5) is 13.7. The molecule has 18 heavy (non-hydrogen) atoms. The number of likely N-dealkylation sites (N-methyl/N-ethyl adjacent to an activating group) is 1. The second-order valence-corrected chi connectivity index (χ2v) is 4.63. The third kappa shape index (κ3) is 3.65. The molecule has 5 heteroatoms. The second-order valence-electron chi connectivity index (χ2n) is 4.63. The van der Waals surface area contributed by atoms with Crippen LogP contribution in [0.2, 0.25) is 0 Å². The van der Waals surface area contributed by atoms with Gasteiger partial charge in [-0.3, -0.25) is 9.88 Å². The van der Waals surface area contributed by atoms with Gasteiger partial charge in [0.05, 0.1) is 18.1 Å². The van der Waals surface area contributed by atoms with Crippen molar-refractivity contribution in [3.8, 4) is 0 Å². The van der Waals surface area contributed by atoms with Crippen molar-refractivity contribution in [2.75, 3.05) is 44.6 Å². The summed E-state index contributed by atoms with van der Waals surface area (Å²) in [5.74, 6) is 0.858. The van der Waals surface area contributed by atoms with E-state index in [0.717, 1.165) is 44.2 Å². The molecule has 1 saturated heterocycles. The zero-order valence-electron chi connectivity index (χ0n) is 11.4. The van der Waals surface area contributed by atoms with E-state index in [1.54, 1.807) is 0 Å². The largest absolute Gasteiger partial charge is 0.369 e. The van der Waals surface area contributed by atoms with E-state index in [0.29, 0.717) is 0 Å². The highest BCUT2D eigenvalue weighted by atomic mass is 15.3. The number of anilines is 1. The molecule has 0 atom stereocenters. The van der Waals surface area contributed by atoms with Gasteiger partial charge >= 0.3 is 0 Å². The van der Waals surface area contributed by atoms with Gasteiger partial charge in [-0.05, 0) is 13.5 Å². The summed E-state index contributed by atoms with van der Waals surface area (Å²) in [6.45, 7) is 11.8. The first kappa shape index (κ1) is 13.2. The molecule has 2 rings (SSSR count). The zero-order valence-corrected chi connectivity index (χ0v) is 11.4. The lowest BCUT2D eigenvalue weighted by atomic mass is 10.3. The first-order valence-electron chi connectivity index (χ1n) is 6.81. The van der Waals surface area contributed by atoms with Crippen molar-refractivity contribution in [3.63, 3.8) is 0 Å². The fourth-order valence-corrected chi connectivity index (χ4v) is 2.20. The Bertz CT molecular complexity index is 343. The summed E-state index contributed by atoms with van der Waals surface area (Å²) in [6, 6.07) is 0. The van der Waals surface area contributed by atoms with Gasteiger partial charge in [0.2, 0.25) is 0 Å². The number of hydrogen-bond acceptors (Lipinski definition) is 5. The van der Waals surface area contributed by atoms with Crippen molar-refractivity contribution in [1.29, 1.82) is 0 Å². The van der Waals surface area contributed by atoms with Gasteiger partial charge in [0.15, 0.2) is 0 Å². The Morgan fingerprint density at radius 3 is 2.33 bits per heavy atom. The Kier molecular flexibility index (Phi) is 4.90. The van der Waals surface area contributed by atoms with E-state index in [1.165, 1.54) is 13.1 Å². The van der Waals surface area contributed by atoms with Crippen molar-refractivity contribution in [2.45, 2.75) is 20.4 Å². The molecule has 0 spiro atoms. The normalized spacial score (nSPS) is 17.9. The lowest BCUT2D eigenvalue weighted by Crippen LogP contribution is -2.45. The first-order chi connectivity index (χ1) is 8.81. The monoisotopic (exact) mass is 249 g/mol. The first-order valence-corrected chi connectivity index (χ1v) is 6.81. The van der Waals surface area contributed by atoms with Crippen LogP contribution in [0.15, 0.2) is 12.4 Å². The molecule has 1 N–H and O–H groups in total. The van der Waals surface area contributed by atoms with Gasteiger partial charge in [0, 0.05) is 39.3 Å². The number of nitrogens with zero attached hydrogens (tertiary/aromatic N) is 4. The molecular weight excluding hydrogens is 226 g/mol. The van der Waals surface area contributed by atoms with E-state index >= 15 is 0 Å². The van der Waals surface area contributed by atoms with Crippen molar-refractivity contribution >= 4 is 5.82 Å².